The highest BCUT2D eigenvalue weighted by Crippen LogP contribution is 2.21. The monoisotopic (exact) mass is 409 g/mol. The zero-order valence-electron chi connectivity index (χ0n) is 14.6. The molecule has 0 bridgehead atoms. The number of aromatic nitrogens is 3. The first kappa shape index (κ1) is 19.3. The van der Waals surface area contributed by atoms with Crippen LogP contribution in [0.15, 0.2) is 45.5 Å². The third-order valence-electron chi connectivity index (χ3n) is 3.74. The summed E-state index contributed by atoms with van der Waals surface area (Å²) in [6.45, 7) is 2.19. The summed E-state index contributed by atoms with van der Waals surface area (Å²) in [4.78, 5) is 23.8. The molecule has 0 aliphatic heterocycles. The van der Waals surface area contributed by atoms with E-state index in [4.69, 9.17) is 0 Å². The summed E-state index contributed by atoms with van der Waals surface area (Å²) in [6, 6.07) is 8.45. The first-order chi connectivity index (χ1) is 12.9. The van der Waals surface area contributed by atoms with Crippen LogP contribution in [-0.4, -0.2) is 35.1 Å². The lowest BCUT2D eigenvalue weighted by molar-refractivity contribution is -0.119. The number of nitrogens with one attached hydrogen (secondary N) is 2. The standard InChI is InChI=1S/C16H19N5O4S2/c1-12(22)17-11-13-6-7-15(26-13)27(24,25)18-8-4-10-21-16(23)20-9-3-2-5-14(20)19-21/h2-3,5-7,9,18H,4,8,10-11H2,1H3,(H,17,22). The van der Waals surface area contributed by atoms with Crippen molar-refractivity contribution < 1.29 is 13.2 Å². The molecule has 0 saturated heterocycles. The van der Waals surface area contributed by atoms with Gasteiger partial charge in [-0.2, -0.15) is 0 Å². The molecular weight excluding hydrogens is 390 g/mol. The molecule has 1 amide bonds. The highest BCUT2D eigenvalue weighted by Gasteiger charge is 2.16. The zero-order valence-corrected chi connectivity index (χ0v) is 16.2. The van der Waals surface area contributed by atoms with E-state index in [0.717, 1.165) is 16.2 Å². The molecule has 0 aliphatic carbocycles. The summed E-state index contributed by atoms with van der Waals surface area (Å²) in [5.74, 6) is -0.173. The molecule has 0 atom stereocenters. The van der Waals surface area contributed by atoms with Crippen LogP contribution in [0.1, 0.15) is 18.2 Å². The van der Waals surface area contributed by atoms with Crippen molar-refractivity contribution >= 4 is 32.9 Å². The molecule has 3 rings (SSSR count). The van der Waals surface area contributed by atoms with E-state index in [1.807, 2.05) is 0 Å². The van der Waals surface area contributed by atoms with Crippen LogP contribution in [0.3, 0.4) is 0 Å². The van der Waals surface area contributed by atoms with E-state index in [2.05, 4.69) is 15.1 Å². The second kappa shape index (κ2) is 8.03. The highest BCUT2D eigenvalue weighted by molar-refractivity contribution is 7.91. The summed E-state index contributed by atoms with van der Waals surface area (Å²) >= 11 is 1.11. The normalized spacial score (nSPS) is 11.7. The minimum absolute atomic E-state index is 0.173. The van der Waals surface area contributed by atoms with E-state index in [9.17, 15) is 18.0 Å². The predicted molar refractivity (Wildman–Crippen MR) is 101 cm³/mol. The number of hydrogen-bond acceptors (Lipinski definition) is 6. The lowest BCUT2D eigenvalue weighted by Gasteiger charge is -2.04. The van der Waals surface area contributed by atoms with Crippen molar-refractivity contribution in [3.8, 4) is 0 Å². The van der Waals surface area contributed by atoms with Crippen LogP contribution in [0.5, 0.6) is 0 Å². The number of amides is 1. The van der Waals surface area contributed by atoms with Gasteiger partial charge in [-0.3, -0.25) is 9.20 Å². The SMILES string of the molecule is CC(=O)NCc1ccc(S(=O)(=O)NCCCn2nc3ccccn3c2=O)s1. The molecule has 0 spiro atoms. The number of thiophene rings is 1. The van der Waals surface area contributed by atoms with Gasteiger partial charge in [-0.05, 0) is 30.7 Å². The van der Waals surface area contributed by atoms with Crippen LogP contribution >= 0.6 is 11.3 Å². The Morgan fingerprint density at radius 2 is 2.07 bits per heavy atom. The Morgan fingerprint density at radius 3 is 2.81 bits per heavy atom. The third-order valence-corrected chi connectivity index (χ3v) is 6.78. The van der Waals surface area contributed by atoms with Crippen LogP contribution in [0.2, 0.25) is 0 Å². The molecule has 3 aromatic rings. The van der Waals surface area contributed by atoms with Gasteiger partial charge in [0.25, 0.3) is 0 Å². The lowest BCUT2D eigenvalue weighted by Crippen LogP contribution is -2.27. The van der Waals surface area contributed by atoms with Gasteiger partial charge < -0.3 is 5.32 Å². The van der Waals surface area contributed by atoms with Crippen molar-refractivity contribution in [2.45, 2.75) is 30.6 Å². The Kier molecular flexibility index (Phi) is 5.73. The predicted octanol–water partition coefficient (Wildman–Crippen LogP) is 0.562. The number of hydrogen-bond donors (Lipinski definition) is 2. The van der Waals surface area contributed by atoms with Gasteiger partial charge in [0.15, 0.2) is 5.65 Å². The first-order valence-corrected chi connectivity index (χ1v) is 10.5. The molecule has 0 unspecified atom stereocenters. The van der Waals surface area contributed by atoms with Crippen LogP contribution < -0.4 is 15.7 Å². The molecule has 0 aliphatic rings. The van der Waals surface area contributed by atoms with Crippen molar-refractivity contribution in [3.05, 3.63) is 51.9 Å². The summed E-state index contributed by atoms with van der Waals surface area (Å²) in [5.41, 5.74) is 0.294. The number of aryl methyl sites for hydroxylation is 1. The molecule has 144 valence electrons. The Morgan fingerprint density at radius 1 is 1.26 bits per heavy atom. The highest BCUT2D eigenvalue weighted by atomic mass is 32.2. The summed E-state index contributed by atoms with van der Waals surface area (Å²) in [5, 5.41) is 6.83. The van der Waals surface area contributed by atoms with Crippen molar-refractivity contribution in [1.82, 2.24) is 24.2 Å². The van der Waals surface area contributed by atoms with E-state index in [-0.39, 0.29) is 22.4 Å². The average Bonchev–Trinajstić information content (AvgIpc) is 3.23. The fourth-order valence-corrected chi connectivity index (χ4v) is 4.84. The largest absolute Gasteiger partial charge is 0.351 e. The lowest BCUT2D eigenvalue weighted by atomic mass is 10.4. The number of nitrogens with zero attached hydrogens (tertiary/aromatic N) is 3. The van der Waals surface area contributed by atoms with Crippen LogP contribution in [0, 0.1) is 0 Å². The Hall–Kier alpha value is -2.50. The van der Waals surface area contributed by atoms with E-state index in [0.29, 0.717) is 25.2 Å². The smallest absolute Gasteiger partial charge is 0.350 e. The van der Waals surface area contributed by atoms with Gasteiger partial charge in [-0.25, -0.2) is 22.6 Å². The number of fused-ring (bicyclic) bond motifs is 1. The molecule has 0 fully saturated rings. The molecule has 2 N–H and O–H groups in total. The molecule has 3 heterocycles. The summed E-state index contributed by atoms with van der Waals surface area (Å²) in [7, 11) is -3.62. The van der Waals surface area contributed by atoms with Crippen molar-refractivity contribution in [1.29, 1.82) is 0 Å². The maximum absolute atomic E-state index is 12.3. The number of rotatable bonds is 8. The molecule has 0 radical (unpaired) electrons. The van der Waals surface area contributed by atoms with Crippen LogP contribution in [0.25, 0.3) is 5.65 Å². The van der Waals surface area contributed by atoms with Crippen molar-refractivity contribution in [3.63, 3.8) is 0 Å². The minimum atomic E-state index is -3.62. The van der Waals surface area contributed by atoms with Gasteiger partial charge in [0, 0.05) is 31.1 Å². The van der Waals surface area contributed by atoms with Crippen LogP contribution in [-0.2, 0) is 27.9 Å². The Bertz CT molecular complexity index is 1110. The second-order valence-corrected chi connectivity index (χ2v) is 8.98. The number of carbonyl (C=O) groups excluding carboxylic acids is 1. The molecule has 0 saturated carbocycles. The van der Waals surface area contributed by atoms with E-state index >= 15 is 0 Å². The van der Waals surface area contributed by atoms with E-state index in [1.54, 1.807) is 30.5 Å². The van der Waals surface area contributed by atoms with Gasteiger partial charge in [-0.15, -0.1) is 16.4 Å². The van der Waals surface area contributed by atoms with Crippen molar-refractivity contribution in [2.24, 2.45) is 0 Å². The fraction of sp³-hybridized carbons (Fsp3) is 0.312. The average molecular weight is 409 g/mol. The van der Waals surface area contributed by atoms with Crippen LogP contribution in [0.4, 0.5) is 0 Å². The second-order valence-electron chi connectivity index (χ2n) is 5.82. The summed E-state index contributed by atoms with van der Waals surface area (Å²) < 4.78 is 30.1. The molecule has 0 aromatic carbocycles. The summed E-state index contributed by atoms with van der Waals surface area (Å²) in [6.07, 6.45) is 2.06. The number of sulfonamides is 1. The van der Waals surface area contributed by atoms with Gasteiger partial charge in [-0.1, -0.05) is 6.07 Å². The minimum Gasteiger partial charge on any atom is -0.351 e. The number of carbonyl (C=O) groups is 1. The first-order valence-electron chi connectivity index (χ1n) is 8.24. The van der Waals surface area contributed by atoms with Gasteiger partial charge >= 0.3 is 5.69 Å². The molecule has 3 aromatic heterocycles. The van der Waals surface area contributed by atoms with E-state index in [1.165, 1.54) is 22.1 Å². The molecule has 27 heavy (non-hydrogen) atoms. The molecule has 9 nitrogen and oxygen atoms in total. The third kappa shape index (κ3) is 4.62. The fourth-order valence-electron chi connectivity index (χ4n) is 2.43. The molecule has 11 heteroatoms. The number of pyridine rings is 1. The zero-order chi connectivity index (χ0) is 19.4. The topological polar surface area (TPSA) is 115 Å². The Balaban J connectivity index is 1.55. The molecular formula is C16H19N5O4S2. The Labute approximate surface area is 159 Å². The van der Waals surface area contributed by atoms with Crippen molar-refractivity contribution in [2.75, 3.05) is 6.54 Å². The maximum Gasteiger partial charge on any atom is 0.350 e. The van der Waals surface area contributed by atoms with Gasteiger partial charge in [0.2, 0.25) is 15.9 Å². The maximum atomic E-state index is 12.3. The quantitative estimate of drug-likeness (QED) is 0.528. The van der Waals surface area contributed by atoms with E-state index < -0.39 is 10.0 Å². The van der Waals surface area contributed by atoms with Gasteiger partial charge in [0.1, 0.15) is 4.21 Å². The van der Waals surface area contributed by atoms with Gasteiger partial charge in [0.05, 0.1) is 6.54 Å².